The number of amides is 1. The van der Waals surface area contributed by atoms with Gasteiger partial charge in [-0.15, -0.1) is 0 Å². The number of rotatable bonds is 7. The van der Waals surface area contributed by atoms with Gasteiger partial charge in [0.1, 0.15) is 0 Å². The van der Waals surface area contributed by atoms with Gasteiger partial charge in [-0.25, -0.2) is 0 Å². The summed E-state index contributed by atoms with van der Waals surface area (Å²) in [7, 11) is 0. The van der Waals surface area contributed by atoms with Gasteiger partial charge < -0.3 is 15.3 Å². The molecule has 1 amide bonds. The van der Waals surface area contributed by atoms with Crippen LogP contribution in [0.2, 0.25) is 0 Å². The minimum Gasteiger partial charge on any atom is -0.481 e. The number of carbonyl (C=O) groups is 2. The van der Waals surface area contributed by atoms with Gasteiger partial charge in [0, 0.05) is 25.1 Å². The quantitative estimate of drug-likeness (QED) is 0.804. The number of hydrogen-bond acceptors (Lipinski definition) is 3. The van der Waals surface area contributed by atoms with E-state index in [1.54, 1.807) is 4.90 Å². The van der Waals surface area contributed by atoms with Gasteiger partial charge in [0.2, 0.25) is 5.91 Å². The molecule has 2 N–H and O–H groups in total. The Morgan fingerprint density at radius 3 is 2.67 bits per heavy atom. The number of aliphatic carboxylic acids is 1. The average Bonchev–Trinajstić information content (AvgIpc) is 2.97. The third-order valence-electron chi connectivity index (χ3n) is 3.77. The topological polar surface area (TPSA) is 69.6 Å². The first-order valence-electron chi connectivity index (χ1n) is 7.44. The van der Waals surface area contributed by atoms with Crippen molar-refractivity contribution in [1.82, 2.24) is 5.32 Å². The van der Waals surface area contributed by atoms with Crippen LogP contribution in [0.4, 0.5) is 5.69 Å². The first-order valence-corrected chi connectivity index (χ1v) is 7.44. The largest absolute Gasteiger partial charge is 0.481 e. The molecule has 1 fully saturated rings. The van der Waals surface area contributed by atoms with Crippen molar-refractivity contribution in [2.24, 2.45) is 5.92 Å². The molecule has 1 aliphatic rings. The van der Waals surface area contributed by atoms with Crippen LogP contribution in [0.1, 0.15) is 25.7 Å². The maximum absolute atomic E-state index is 12.5. The third-order valence-corrected chi connectivity index (χ3v) is 3.77. The number of carboxylic acids is 1. The first kappa shape index (κ1) is 15.5. The number of nitrogens with zero attached hydrogens (tertiary/aromatic N) is 1. The van der Waals surface area contributed by atoms with E-state index < -0.39 is 5.97 Å². The van der Waals surface area contributed by atoms with Gasteiger partial charge in [-0.05, 0) is 44.0 Å². The summed E-state index contributed by atoms with van der Waals surface area (Å²) in [5, 5.41) is 12.0. The Morgan fingerprint density at radius 1 is 1.29 bits per heavy atom. The molecule has 0 saturated carbocycles. The molecular weight excluding hydrogens is 268 g/mol. The first-order chi connectivity index (χ1) is 10.2. The number of hydrogen-bond donors (Lipinski definition) is 2. The number of nitrogens with one attached hydrogen (secondary N) is 1. The van der Waals surface area contributed by atoms with E-state index >= 15 is 0 Å². The predicted octanol–water partition coefficient (Wildman–Crippen LogP) is 1.88. The highest BCUT2D eigenvalue weighted by Crippen LogP contribution is 2.19. The van der Waals surface area contributed by atoms with Crippen LogP contribution in [0.3, 0.4) is 0 Å². The fraction of sp³-hybridized carbons (Fsp3) is 0.500. The van der Waals surface area contributed by atoms with Crippen molar-refractivity contribution in [3.05, 3.63) is 30.3 Å². The van der Waals surface area contributed by atoms with Gasteiger partial charge in [0.15, 0.2) is 0 Å². The Hall–Kier alpha value is -1.88. The van der Waals surface area contributed by atoms with E-state index in [1.807, 2.05) is 30.3 Å². The molecule has 21 heavy (non-hydrogen) atoms. The molecule has 1 aromatic rings. The lowest BCUT2D eigenvalue weighted by Crippen LogP contribution is -2.33. The van der Waals surface area contributed by atoms with Crippen molar-refractivity contribution >= 4 is 17.6 Å². The van der Waals surface area contributed by atoms with Gasteiger partial charge in [-0.2, -0.15) is 0 Å². The molecule has 0 aliphatic carbocycles. The molecule has 114 valence electrons. The van der Waals surface area contributed by atoms with Crippen molar-refractivity contribution in [2.45, 2.75) is 25.7 Å². The normalized spacial score (nSPS) is 17.6. The molecule has 0 bridgehead atoms. The number of anilines is 1. The van der Waals surface area contributed by atoms with E-state index in [-0.39, 0.29) is 12.3 Å². The number of benzene rings is 1. The monoisotopic (exact) mass is 290 g/mol. The molecule has 0 radical (unpaired) electrons. The highest BCUT2D eigenvalue weighted by Gasteiger charge is 2.22. The molecule has 1 unspecified atom stereocenters. The zero-order valence-corrected chi connectivity index (χ0v) is 12.1. The molecule has 0 aromatic heterocycles. The summed E-state index contributed by atoms with van der Waals surface area (Å²) in [5.74, 6) is -0.348. The van der Waals surface area contributed by atoms with Crippen LogP contribution in [-0.2, 0) is 9.59 Å². The lowest BCUT2D eigenvalue weighted by molar-refractivity contribution is -0.137. The van der Waals surface area contributed by atoms with Crippen LogP contribution in [0, 0.1) is 5.92 Å². The van der Waals surface area contributed by atoms with E-state index in [1.165, 1.54) is 0 Å². The summed E-state index contributed by atoms with van der Waals surface area (Å²) in [6.45, 7) is 2.32. The summed E-state index contributed by atoms with van der Waals surface area (Å²) in [5.41, 5.74) is 0.846. The Labute approximate surface area is 125 Å². The summed E-state index contributed by atoms with van der Waals surface area (Å²) in [6, 6.07) is 9.48. The Kier molecular flexibility index (Phi) is 5.75. The smallest absolute Gasteiger partial charge is 0.303 e. The van der Waals surface area contributed by atoms with E-state index in [9.17, 15) is 9.59 Å². The van der Waals surface area contributed by atoms with Gasteiger partial charge >= 0.3 is 5.97 Å². The van der Waals surface area contributed by atoms with Crippen molar-refractivity contribution in [2.75, 3.05) is 24.5 Å². The van der Waals surface area contributed by atoms with Crippen LogP contribution < -0.4 is 10.2 Å². The van der Waals surface area contributed by atoms with Crippen molar-refractivity contribution in [3.63, 3.8) is 0 Å². The van der Waals surface area contributed by atoms with Crippen molar-refractivity contribution in [1.29, 1.82) is 0 Å². The van der Waals surface area contributed by atoms with Gasteiger partial charge in [-0.1, -0.05) is 18.2 Å². The molecule has 5 nitrogen and oxygen atoms in total. The second kappa shape index (κ2) is 7.78. The lowest BCUT2D eigenvalue weighted by Gasteiger charge is -2.24. The van der Waals surface area contributed by atoms with Gasteiger partial charge in [-0.3, -0.25) is 9.59 Å². The fourth-order valence-electron chi connectivity index (χ4n) is 2.64. The molecule has 1 saturated heterocycles. The molecule has 5 heteroatoms. The fourth-order valence-corrected chi connectivity index (χ4v) is 2.64. The zero-order chi connectivity index (χ0) is 15.1. The summed E-state index contributed by atoms with van der Waals surface area (Å²) in [4.78, 5) is 24.9. The zero-order valence-electron chi connectivity index (χ0n) is 12.1. The third kappa shape index (κ3) is 4.86. The van der Waals surface area contributed by atoms with E-state index in [4.69, 9.17) is 5.11 Å². The predicted molar refractivity (Wildman–Crippen MR) is 81.3 cm³/mol. The van der Waals surface area contributed by atoms with Crippen LogP contribution in [0.15, 0.2) is 30.3 Å². The standard InChI is InChI=1S/C16H22N2O3/c19-15(11-13-8-9-17-12-13)18(10-4-7-16(20)21)14-5-2-1-3-6-14/h1-3,5-6,13,17H,4,7-12H2,(H,20,21). The van der Waals surface area contributed by atoms with E-state index in [2.05, 4.69) is 5.32 Å². The summed E-state index contributed by atoms with van der Waals surface area (Å²) in [6.07, 6.45) is 2.11. The maximum atomic E-state index is 12.5. The Bertz CT molecular complexity index is 470. The second-order valence-corrected chi connectivity index (χ2v) is 5.44. The number of carbonyl (C=O) groups excluding carboxylic acids is 1. The van der Waals surface area contributed by atoms with Crippen LogP contribution in [0.25, 0.3) is 0 Å². The van der Waals surface area contributed by atoms with Crippen LogP contribution in [-0.4, -0.2) is 36.6 Å². The van der Waals surface area contributed by atoms with E-state index in [0.717, 1.165) is 25.2 Å². The molecule has 2 rings (SSSR count). The minimum absolute atomic E-state index is 0.0836. The molecule has 1 heterocycles. The van der Waals surface area contributed by atoms with Gasteiger partial charge in [0.25, 0.3) is 0 Å². The van der Waals surface area contributed by atoms with E-state index in [0.29, 0.717) is 25.3 Å². The summed E-state index contributed by atoms with van der Waals surface area (Å²) >= 11 is 0. The molecule has 1 aliphatic heterocycles. The Balaban J connectivity index is 1.99. The SMILES string of the molecule is O=C(O)CCCN(C(=O)CC1CCNC1)c1ccccc1. The highest BCUT2D eigenvalue weighted by molar-refractivity contribution is 5.93. The molecule has 1 atom stereocenters. The molecule has 0 spiro atoms. The molecule has 1 aromatic carbocycles. The number of carboxylic acid groups (broad SMARTS) is 1. The van der Waals surface area contributed by atoms with Crippen molar-refractivity contribution in [3.8, 4) is 0 Å². The average molecular weight is 290 g/mol. The minimum atomic E-state index is -0.824. The maximum Gasteiger partial charge on any atom is 0.303 e. The lowest BCUT2D eigenvalue weighted by atomic mass is 10.0. The van der Waals surface area contributed by atoms with Crippen molar-refractivity contribution < 1.29 is 14.7 Å². The second-order valence-electron chi connectivity index (χ2n) is 5.44. The number of para-hydroxylation sites is 1. The summed E-state index contributed by atoms with van der Waals surface area (Å²) < 4.78 is 0. The van der Waals surface area contributed by atoms with Crippen LogP contribution in [0.5, 0.6) is 0 Å². The van der Waals surface area contributed by atoms with Crippen LogP contribution >= 0.6 is 0 Å². The van der Waals surface area contributed by atoms with Gasteiger partial charge in [0.05, 0.1) is 0 Å². The Morgan fingerprint density at radius 2 is 2.05 bits per heavy atom. The molecular formula is C16H22N2O3. The highest BCUT2D eigenvalue weighted by atomic mass is 16.4.